The predicted octanol–water partition coefficient (Wildman–Crippen LogP) is 5.84. The number of rotatable bonds is 12. The Balaban J connectivity index is 1.28. The molecular formula is C30H28ClN3O6S. The molecule has 9 nitrogen and oxygen atoms in total. The number of unbranched alkanes of at least 4 members (excludes halogenated alkanes) is 1. The van der Waals surface area contributed by atoms with Gasteiger partial charge in [-0.3, -0.25) is 9.59 Å². The second-order valence-corrected chi connectivity index (χ2v) is 10.2. The molecule has 0 unspecified atom stereocenters. The molecule has 4 rings (SSSR count). The summed E-state index contributed by atoms with van der Waals surface area (Å²) in [5.41, 5.74) is 3.30. The molecule has 0 radical (unpaired) electrons. The van der Waals surface area contributed by atoms with Gasteiger partial charge in [0.1, 0.15) is 10.6 Å². The lowest BCUT2D eigenvalue weighted by Gasteiger charge is -2.10. The Morgan fingerprint density at radius 1 is 1.02 bits per heavy atom. The Kier molecular flexibility index (Phi) is 10.3. The van der Waals surface area contributed by atoms with Gasteiger partial charge in [0.2, 0.25) is 0 Å². The smallest absolute Gasteiger partial charge is 0.343 e. The maximum Gasteiger partial charge on any atom is 0.343 e. The number of benzene rings is 3. The van der Waals surface area contributed by atoms with Crippen molar-refractivity contribution in [1.82, 2.24) is 10.7 Å². The van der Waals surface area contributed by atoms with E-state index in [1.54, 1.807) is 42.5 Å². The van der Waals surface area contributed by atoms with Crippen molar-refractivity contribution in [3.63, 3.8) is 0 Å². The van der Waals surface area contributed by atoms with Crippen molar-refractivity contribution in [1.29, 1.82) is 0 Å². The van der Waals surface area contributed by atoms with Crippen LogP contribution in [0.25, 0.3) is 10.1 Å². The van der Waals surface area contributed by atoms with E-state index in [0.29, 0.717) is 39.1 Å². The van der Waals surface area contributed by atoms with E-state index in [0.717, 1.165) is 22.9 Å². The number of carbonyl (C=O) groups is 3. The van der Waals surface area contributed by atoms with E-state index in [9.17, 15) is 14.4 Å². The number of nitrogens with one attached hydrogen (secondary N) is 2. The van der Waals surface area contributed by atoms with Gasteiger partial charge in [-0.25, -0.2) is 10.2 Å². The van der Waals surface area contributed by atoms with Crippen LogP contribution >= 0.6 is 22.9 Å². The highest BCUT2D eigenvalue weighted by Crippen LogP contribution is 2.35. The molecule has 1 heterocycles. The van der Waals surface area contributed by atoms with Crippen LogP contribution in [0.1, 0.15) is 45.4 Å². The molecule has 0 saturated carbocycles. The Labute approximate surface area is 246 Å². The molecule has 1 aromatic heterocycles. The van der Waals surface area contributed by atoms with Gasteiger partial charge in [-0.15, -0.1) is 11.3 Å². The molecule has 4 aromatic rings. The summed E-state index contributed by atoms with van der Waals surface area (Å²) >= 11 is 7.58. The predicted molar refractivity (Wildman–Crippen MR) is 160 cm³/mol. The number of amides is 2. The molecule has 0 saturated heterocycles. The van der Waals surface area contributed by atoms with Crippen LogP contribution in [0.4, 0.5) is 0 Å². The first-order valence-electron chi connectivity index (χ1n) is 12.8. The molecule has 41 heavy (non-hydrogen) atoms. The van der Waals surface area contributed by atoms with Gasteiger partial charge in [0.15, 0.2) is 11.5 Å². The number of hydrazone groups is 1. The monoisotopic (exact) mass is 593 g/mol. The molecule has 2 N–H and O–H groups in total. The van der Waals surface area contributed by atoms with Crippen LogP contribution in [-0.4, -0.2) is 44.3 Å². The summed E-state index contributed by atoms with van der Waals surface area (Å²) in [5.74, 6) is -0.292. The van der Waals surface area contributed by atoms with Crippen LogP contribution in [0.5, 0.6) is 17.2 Å². The highest BCUT2D eigenvalue weighted by molar-refractivity contribution is 7.21. The van der Waals surface area contributed by atoms with Gasteiger partial charge in [0.05, 0.1) is 37.1 Å². The third-order valence-corrected chi connectivity index (χ3v) is 7.47. The van der Waals surface area contributed by atoms with E-state index in [2.05, 4.69) is 22.8 Å². The highest BCUT2D eigenvalue weighted by Gasteiger charge is 2.17. The lowest BCUT2D eigenvalue weighted by molar-refractivity contribution is -0.120. The summed E-state index contributed by atoms with van der Waals surface area (Å²) in [6, 6.07) is 19.0. The van der Waals surface area contributed by atoms with Crippen molar-refractivity contribution >= 4 is 57.0 Å². The Bertz CT molecular complexity index is 1570. The molecule has 0 aliphatic carbocycles. The molecule has 0 spiro atoms. The first-order valence-corrected chi connectivity index (χ1v) is 14.0. The number of ether oxygens (including phenoxy) is 3. The van der Waals surface area contributed by atoms with Crippen molar-refractivity contribution in [2.45, 2.75) is 19.8 Å². The van der Waals surface area contributed by atoms with E-state index in [-0.39, 0.29) is 12.3 Å². The van der Waals surface area contributed by atoms with Gasteiger partial charge in [0, 0.05) is 10.1 Å². The minimum absolute atomic E-state index is 0.226. The summed E-state index contributed by atoms with van der Waals surface area (Å²) in [7, 11) is 1.45. The lowest BCUT2D eigenvalue weighted by Crippen LogP contribution is -2.34. The molecular weight excluding hydrogens is 566 g/mol. The number of esters is 1. The topological polar surface area (TPSA) is 115 Å². The number of nitrogens with zero attached hydrogens (tertiary/aromatic N) is 1. The average molecular weight is 594 g/mol. The highest BCUT2D eigenvalue weighted by atomic mass is 35.5. The van der Waals surface area contributed by atoms with Gasteiger partial charge in [-0.05, 0) is 60.5 Å². The molecule has 0 aliphatic heterocycles. The molecule has 3 aromatic carbocycles. The van der Waals surface area contributed by atoms with Crippen LogP contribution in [0.15, 0.2) is 71.8 Å². The van der Waals surface area contributed by atoms with Gasteiger partial charge < -0.3 is 19.5 Å². The standard InChI is InChI=1S/C30H28ClN3O6S/c1-3-4-15-39-21-12-10-20(11-13-21)30(37)40-23-14-9-19(16-24(23)38-2)17-33-34-26(35)18-32-29(36)28-27(31)22-7-5-6-8-25(22)41-28/h5-14,16-17H,3-4,15,18H2,1-2H3,(H,32,36)(H,34,35). The fourth-order valence-electron chi connectivity index (χ4n) is 3.65. The molecule has 0 atom stereocenters. The van der Waals surface area contributed by atoms with Crippen molar-refractivity contribution in [2.24, 2.45) is 5.10 Å². The summed E-state index contributed by atoms with van der Waals surface area (Å²) < 4.78 is 17.4. The second-order valence-electron chi connectivity index (χ2n) is 8.74. The SMILES string of the molecule is CCCCOc1ccc(C(=O)Oc2ccc(C=NNC(=O)CNC(=O)c3sc4ccccc4c3Cl)cc2OC)cc1. The van der Waals surface area contributed by atoms with Crippen LogP contribution in [-0.2, 0) is 4.79 Å². The molecule has 0 aliphatic rings. The lowest BCUT2D eigenvalue weighted by atomic mass is 10.2. The average Bonchev–Trinajstić information content (AvgIpc) is 3.33. The summed E-state index contributed by atoms with van der Waals surface area (Å²) in [6.45, 7) is 2.42. The number of carbonyl (C=O) groups excluding carboxylic acids is 3. The van der Waals surface area contributed by atoms with Crippen LogP contribution < -0.4 is 25.0 Å². The Morgan fingerprint density at radius 3 is 2.54 bits per heavy atom. The molecule has 11 heteroatoms. The third-order valence-electron chi connectivity index (χ3n) is 5.80. The van der Waals surface area contributed by atoms with Crippen molar-refractivity contribution in [2.75, 3.05) is 20.3 Å². The minimum atomic E-state index is -0.545. The summed E-state index contributed by atoms with van der Waals surface area (Å²) in [6.07, 6.45) is 3.39. The number of methoxy groups -OCH3 is 1. The zero-order valence-corrected chi connectivity index (χ0v) is 24.0. The number of hydrogen-bond donors (Lipinski definition) is 2. The minimum Gasteiger partial charge on any atom is -0.494 e. The van der Waals surface area contributed by atoms with Crippen LogP contribution in [0.3, 0.4) is 0 Å². The zero-order valence-electron chi connectivity index (χ0n) is 22.4. The maximum atomic E-state index is 12.6. The first-order chi connectivity index (χ1) is 19.9. The maximum absolute atomic E-state index is 12.6. The fraction of sp³-hybridized carbons (Fsp3) is 0.200. The molecule has 0 fully saturated rings. The van der Waals surface area contributed by atoms with E-state index in [1.165, 1.54) is 24.7 Å². The first kappa shape index (κ1) is 29.6. The van der Waals surface area contributed by atoms with Gasteiger partial charge in [-0.2, -0.15) is 5.10 Å². The number of fused-ring (bicyclic) bond motifs is 1. The van der Waals surface area contributed by atoms with Gasteiger partial charge in [0.25, 0.3) is 11.8 Å². The van der Waals surface area contributed by atoms with Crippen molar-refractivity contribution in [3.8, 4) is 17.2 Å². The van der Waals surface area contributed by atoms with E-state index in [4.69, 9.17) is 25.8 Å². The fourth-order valence-corrected chi connectivity index (χ4v) is 5.08. The second kappa shape index (κ2) is 14.3. The Hall–Kier alpha value is -4.41. The van der Waals surface area contributed by atoms with E-state index in [1.807, 2.05) is 24.3 Å². The normalized spacial score (nSPS) is 10.9. The zero-order chi connectivity index (χ0) is 29.2. The quantitative estimate of drug-likeness (QED) is 0.0701. The summed E-state index contributed by atoms with van der Waals surface area (Å²) in [5, 5.41) is 7.61. The molecule has 2 amide bonds. The third kappa shape index (κ3) is 7.84. The number of hydrogen-bond acceptors (Lipinski definition) is 8. The number of thiophene rings is 1. The van der Waals surface area contributed by atoms with E-state index < -0.39 is 17.8 Å². The van der Waals surface area contributed by atoms with Crippen LogP contribution in [0, 0.1) is 0 Å². The largest absolute Gasteiger partial charge is 0.494 e. The van der Waals surface area contributed by atoms with E-state index >= 15 is 0 Å². The van der Waals surface area contributed by atoms with Gasteiger partial charge >= 0.3 is 5.97 Å². The van der Waals surface area contributed by atoms with Crippen molar-refractivity contribution in [3.05, 3.63) is 87.8 Å². The molecule has 212 valence electrons. The van der Waals surface area contributed by atoms with Crippen molar-refractivity contribution < 1.29 is 28.6 Å². The number of halogens is 1. The Morgan fingerprint density at radius 2 is 1.80 bits per heavy atom. The van der Waals surface area contributed by atoms with Crippen LogP contribution in [0.2, 0.25) is 5.02 Å². The molecule has 0 bridgehead atoms. The summed E-state index contributed by atoms with van der Waals surface area (Å²) in [4.78, 5) is 37.7. The van der Waals surface area contributed by atoms with Gasteiger partial charge in [-0.1, -0.05) is 43.1 Å².